The number of fused-ring (bicyclic) bond motifs is 1. The lowest BCUT2D eigenvalue weighted by Gasteiger charge is -2.22. The summed E-state index contributed by atoms with van der Waals surface area (Å²) in [5, 5.41) is 7.56. The minimum Gasteiger partial charge on any atom is -0.354 e. The Labute approximate surface area is 101 Å². The molecule has 1 N–H and O–H groups in total. The van der Waals surface area contributed by atoms with Gasteiger partial charge in [-0.2, -0.15) is 5.10 Å². The predicted octanol–water partition coefficient (Wildman–Crippen LogP) is 1.17. The van der Waals surface area contributed by atoms with Crippen LogP contribution in [0.4, 0.5) is 5.82 Å². The van der Waals surface area contributed by atoms with Crippen molar-refractivity contribution in [3.63, 3.8) is 0 Å². The molecule has 0 amide bonds. The van der Waals surface area contributed by atoms with Gasteiger partial charge >= 0.3 is 0 Å². The molecular weight excluding hydrogens is 214 g/mol. The smallest absolute Gasteiger partial charge is 0.154 e. The van der Waals surface area contributed by atoms with Crippen LogP contribution in [0.2, 0.25) is 0 Å². The number of nitrogens with zero attached hydrogens (tertiary/aromatic N) is 4. The number of nitrogens with one attached hydrogen (secondary N) is 1. The van der Waals surface area contributed by atoms with Gasteiger partial charge in [-0.3, -0.25) is 0 Å². The maximum Gasteiger partial charge on any atom is 0.154 e. The molecule has 0 atom stereocenters. The van der Waals surface area contributed by atoms with Gasteiger partial charge in [-0.1, -0.05) is 6.92 Å². The van der Waals surface area contributed by atoms with E-state index >= 15 is 0 Å². The second kappa shape index (κ2) is 5.63. The third kappa shape index (κ3) is 2.55. The first kappa shape index (κ1) is 11.9. The Morgan fingerprint density at radius 1 is 1.35 bits per heavy atom. The van der Waals surface area contributed by atoms with Crippen LogP contribution in [0.15, 0.2) is 24.7 Å². The molecule has 0 aliphatic rings. The predicted molar refractivity (Wildman–Crippen MR) is 69.4 cm³/mol. The molecule has 5 heteroatoms. The van der Waals surface area contributed by atoms with Crippen molar-refractivity contribution < 1.29 is 0 Å². The molecule has 0 aromatic carbocycles. The van der Waals surface area contributed by atoms with E-state index in [9.17, 15) is 0 Å². The number of likely N-dealkylation sites (N-methyl/N-ethyl adjacent to an activating group) is 2. The average molecular weight is 233 g/mol. The van der Waals surface area contributed by atoms with Crippen LogP contribution in [-0.2, 0) is 0 Å². The van der Waals surface area contributed by atoms with E-state index in [1.54, 1.807) is 12.4 Å². The fourth-order valence-electron chi connectivity index (χ4n) is 1.89. The molecule has 0 unspecified atom stereocenters. The highest BCUT2D eigenvalue weighted by Gasteiger charge is 2.09. The first-order chi connectivity index (χ1) is 8.36. The Morgan fingerprint density at radius 3 is 3.00 bits per heavy atom. The molecule has 0 saturated carbocycles. The zero-order valence-corrected chi connectivity index (χ0v) is 10.4. The van der Waals surface area contributed by atoms with Gasteiger partial charge in [0.25, 0.3) is 0 Å². The van der Waals surface area contributed by atoms with Crippen LogP contribution in [0.25, 0.3) is 5.52 Å². The minimum atomic E-state index is 0.948. The Morgan fingerprint density at radius 2 is 2.24 bits per heavy atom. The van der Waals surface area contributed by atoms with Crippen LogP contribution in [0, 0.1) is 0 Å². The summed E-state index contributed by atoms with van der Waals surface area (Å²) in [6, 6.07) is 2.00. The van der Waals surface area contributed by atoms with E-state index in [0.29, 0.717) is 0 Å². The number of anilines is 1. The van der Waals surface area contributed by atoms with Crippen molar-refractivity contribution in [2.75, 3.05) is 31.1 Å². The third-order valence-corrected chi connectivity index (χ3v) is 2.79. The number of rotatable bonds is 6. The van der Waals surface area contributed by atoms with Crippen LogP contribution < -0.4 is 10.2 Å². The van der Waals surface area contributed by atoms with Crippen molar-refractivity contribution in [1.29, 1.82) is 0 Å². The summed E-state index contributed by atoms with van der Waals surface area (Å²) in [6.45, 7) is 8.15. The second-order valence-corrected chi connectivity index (χ2v) is 3.85. The van der Waals surface area contributed by atoms with E-state index in [-0.39, 0.29) is 0 Å². The van der Waals surface area contributed by atoms with E-state index in [2.05, 4.69) is 34.1 Å². The average Bonchev–Trinajstić information content (AvgIpc) is 2.83. The van der Waals surface area contributed by atoms with E-state index in [1.165, 1.54) is 0 Å². The van der Waals surface area contributed by atoms with Crippen molar-refractivity contribution in [3.8, 4) is 0 Å². The van der Waals surface area contributed by atoms with Gasteiger partial charge in [0.15, 0.2) is 5.82 Å². The fraction of sp³-hybridized carbons (Fsp3) is 0.500. The zero-order valence-electron chi connectivity index (χ0n) is 10.4. The van der Waals surface area contributed by atoms with Gasteiger partial charge in [-0.25, -0.2) is 9.50 Å². The molecule has 5 nitrogen and oxygen atoms in total. The maximum absolute atomic E-state index is 4.47. The lowest BCUT2D eigenvalue weighted by molar-refractivity contribution is 0.684. The largest absolute Gasteiger partial charge is 0.354 e. The van der Waals surface area contributed by atoms with E-state index in [1.807, 2.05) is 16.8 Å². The summed E-state index contributed by atoms with van der Waals surface area (Å²) in [7, 11) is 0. The second-order valence-electron chi connectivity index (χ2n) is 3.85. The van der Waals surface area contributed by atoms with Crippen LogP contribution in [0.3, 0.4) is 0 Å². The van der Waals surface area contributed by atoms with Crippen molar-refractivity contribution >= 4 is 11.3 Å². The molecule has 0 saturated heterocycles. The fourth-order valence-corrected chi connectivity index (χ4v) is 1.89. The third-order valence-electron chi connectivity index (χ3n) is 2.79. The van der Waals surface area contributed by atoms with Crippen LogP contribution in [-0.4, -0.2) is 40.8 Å². The molecule has 2 rings (SSSR count). The van der Waals surface area contributed by atoms with Gasteiger partial charge in [0, 0.05) is 32.0 Å². The monoisotopic (exact) mass is 233 g/mol. The van der Waals surface area contributed by atoms with Gasteiger partial charge in [0.2, 0.25) is 0 Å². The first-order valence-corrected chi connectivity index (χ1v) is 6.10. The maximum atomic E-state index is 4.47. The Hall–Kier alpha value is -1.62. The van der Waals surface area contributed by atoms with Gasteiger partial charge in [-0.05, 0) is 19.5 Å². The lowest BCUT2D eigenvalue weighted by Crippen LogP contribution is -2.32. The van der Waals surface area contributed by atoms with Gasteiger partial charge in [0.1, 0.15) is 5.52 Å². The number of hydrogen-bond acceptors (Lipinski definition) is 4. The zero-order chi connectivity index (χ0) is 12.1. The van der Waals surface area contributed by atoms with Crippen LogP contribution in [0.5, 0.6) is 0 Å². The SMILES string of the molecule is CCNCCN(CC)c1nccn2nccc12. The molecule has 0 radical (unpaired) electrons. The topological polar surface area (TPSA) is 45.5 Å². The molecule has 2 heterocycles. The van der Waals surface area contributed by atoms with Gasteiger partial charge in [0.05, 0.1) is 6.20 Å². The summed E-state index contributed by atoms with van der Waals surface area (Å²) in [5.74, 6) is 1.01. The lowest BCUT2D eigenvalue weighted by atomic mass is 10.4. The van der Waals surface area contributed by atoms with Crippen molar-refractivity contribution in [2.24, 2.45) is 0 Å². The molecule has 0 fully saturated rings. The summed E-state index contributed by atoms with van der Waals surface area (Å²) < 4.78 is 1.86. The van der Waals surface area contributed by atoms with Crippen molar-refractivity contribution in [1.82, 2.24) is 19.9 Å². The van der Waals surface area contributed by atoms with E-state index in [4.69, 9.17) is 0 Å². The first-order valence-electron chi connectivity index (χ1n) is 6.10. The highest BCUT2D eigenvalue weighted by molar-refractivity contribution is 5.68. The van der Waals surface area contributed by atoms with Gasteiger partial charge in [-0.15, -0.1) is 0 Å². The van der Waals surface area contributed by atoms with E-state index < -0.39 is 0 Å². The summed E-state index contributed by atoms with van der Waals surface area (Å²) >= 11 is 0. The molecule has 0 aliphatic heterocycles. The number of aromatic nitrogens is 3. The number of hydrogen-bond donors (Lipinski definition) is 1. The molecule has 17 heavy (non-hydrogen) atoms. The van der Waals surface area contributed by atoms with Crippen LogP contribution >= 0.6 is 0 Å². The molecule has 2 aromatic rings. The Balaban J connectivity index is 2.20. The Bertz CT molecular complexity index is 465. The van der Waals surface area contributed by atoms with Crippen molar-refractivity contribution in [3.05, 3.63) is 24.7 Å². The van der Waals surface area contributed by atoms with Crippen LogP contribution in [0.1, 0.15) is 13.8 Å². The quantitative estimate of drug-likeness (QED) is 0.761. The highest BCUT2D eigenvalue weighted by Crippen LogP contribution is 2.17. The molecule has 0 aliphatic carbocycles. The molecular formula is C12H19N5. The van der Waals surface area contributed by atoms with Gasteiger partial charge < -0.3 is 10.2 Å². The molecule has 92 valence electrons. The normalized spacial score (nSPS) is 10.9. The summed E-state index contributed by atoms with van der Waals surface area (Å²) in [4.78, 5) is 6.73. The summed E-state index contributed by atoms with van der Waals surface area (Å²) in [6.07, 6.45) is 5.47. The highest BCUT2D eigenvalue weighted by atomic mass is 15.3. The molecule has 0 spiro atoms. The van der Waals surface area contributed by atoms with E-state index in [0.717, 1.165) is 37.5 Å². The Kier molecular flexibility index (Phi) is 3.93. The molecule has 0 bridgehead atoms. The minimum absolute atomic E-state index is 0.948. The summed E-state index contributed by atoms with van der Waals surface area (Å²) in [5.41, 5.74) is 1.06. The molecule has 2 aromatic heterocycles. The standard InChI is InChI=1S/C12H19N5/c1-3-13-7-9-16(4-2)12-11-5-6-15-17(11)10-8-14-12/h5-6,8,10,13H,3-4,7,9H2,1-2H3. The van der Waals surface area contributed by atoms with Crippen molar-refractivity contribution in [2.45, 2.75) is 13.8 Å².